The standard InChI is InChI=1S/C50H106N2/c1-7-9-11-13-15-17-19-21-23-25-27-29-31-33-35-37-39-41-43-45-47-51(3,4)49-50-52(5,6)48-46-44-42-40-38-36-34-32-30-28-26-24-22-20-18-16-14-12-10-8-2/h7-50H2,1-6H3/q+2. The second kappa shape index (κ2) is 40.6. The summed E-state index contributed by atoms with van der Waals surface area (Å²) < 4.78 is 2.42. The Kier molecular flexibility index (Phi) is 40.5. The molecule has 0 unspecified atom stereocenters. The van der Waals surface area contributed by atoms with Crippen molar-refractivity contribution < 1.29 is 8.97 Å². The van der Waals surface area contributed by atoms with Gasteiger partial charge in [0.1, 0.15) is 13.1 Å². The number of hydrogen-bond acceptors (Lipinski definition) is 0. The third-order valence-corrected chi connectivity index (χ3v) is 12.5. The van der Waals surface area contributed by atoms with Crippen molar-refractivity contribution in [2.75, 3.05) is 54.4 Å². The van der Waals surface area contributed by atoms with Gasteiger partial charge in [-0.15, -0.1) is 0 Å². The summed E-state index contributed by atoms with van der Waals surface area (Å²) in [4.78, 5) is 0. The van der Waals surface area contributed by atoms with Gasteiger partial charge in [-0.25, -0.2) is 0 Å². The van der Waals surface area contributed by atoms with E-state index in [0.29, 0.717) is 0 Å². The molecule has 0 aliphatic rings. The van der Waals surface area contributed by atoms with Gasteiger partial charge in [0.2, 0.25) is 0 Å². The van der Waals surface area contributed by atoms with E-state index in [1.165, 1.54) is 292 Å². The van der Waals surface area contributed by atoms with Crippen molar-refractivity contribution in [2.24, 2.45) is 0 Å². The molecule has 0 amide bonds. The summed E-state index contributed by atoms with van der Waals surface area (Å²) in [5.74, 6) is 0. The Morgan fingerprint density at radius 1 is 0.173 bits per heavy atom. The maximum absolute atomic E-state index is 2.48. The first-order valence-corrected chi connectivity index (χ1v) is 25.0. The van der Waals surface area contributed by atoms with Crippen molar-refractivity contribution in [2.45, 2.75) is 271 Å². The Balaban J connectivity index is 3.45. The van der Waals surface area contributed by atoms with E-state index in [1.807, 2.05) is 0 Å². The minimum Gasteiger partial charge on any atom is -0.324 e. The van der Waals surface area contributed by atoms with Gasteiger partial charge in [0, 0.05) is 0 Å². The van der Waals surface area contributed by atoms with Crippen LogP contribution in [-0.2, 0) is 0 Å². The third-order valence-electron chi connectivity index (χ3n) is 12.5. The molecule has 0 heterocycles. The van der Waals surface area contributed by atoms with Crippen molar-refractivity contribution in [3.8, 4) is 0 Å². The quantitative estimate of drug-likeness (QED) is 0.0432. The van der Waals surface area contributed by atoms with Gasteiger partial charge in [-0.3, -0.25) is 0 Å². The molecule has 0 atom stereocenters. The monoisotopic (exact) mass is 735 g/mol. The molecule has 0 N–H and O–H groups in total. The molecule has 0 radical (unpaired) electrons. The molecule has 0 spiro atoms. The zero-order valence-electron chi connectivity index (χ0n) is 38.0. The number of nitrogens with zero attached hydrogens (tertiary/aromatic N) is 2. The normalized spacial score (nSPS) is 12.3. The van der Waals surface area contributed by atoms with Crippen LogP contribution < -0.4 is 0 Å². The van der Waals surface area contributed by atoms with Crippen LogP contribution in [0.5, 0.6) is 0 Å². The van der Waals surface area contributed by atoms with Gasteiger partial charge in [-0.2, -0.15) is 0 Å². The van der Waals surface area contributed by atoms with Crippen molar-refractivity contribution in [1.82, 2.24) is 0 Å². The largest absolute Gasteiger partial charge is 0.324 e. The molecule has 314 valence electrons. The lowest BCUT2D eigenvalue weighted by atomic mass is 10.0. The molecule has 2 nitrogen and oxygen atoms in total. The van der Waals surface area contributed by atoms with Crippen LogP contribution in [0, 0.1) is 0 Å². The molecule has 0 rings (SSSR count). The zero-order valence-corrected chi connectivity index (χ0v) is 38.0. The highest BCUT2D eigenvalue weighted by atomic mass is 15.4. The fourth-order valence-corrected chi connectivity index (χ4v) is 8.36. The van der Waals surface area contributed by atoms with Gasteiger partial charge >= 0.3 is 0 Å². The average molecular weight is 735 g/mol. The molecule has 2 heteroatoms. The van der Waals surface area contributed by atoms with E-state index in [2.05, 4.69) is 42.0 Å². The minimum absolute atomic E-state index is 1.21. The molecule has 0 saturated heterocycles. The Morgan fingerprint density at radius 2 is 0.308 bits per heavy atom. The molecule has 0 aliphatic carbocycles. The van der Waals surface area contributed by atoms with E-state index < -0.39 is 0 Å². The number of unbranched alkanes of at least 4 members (excludes halogenated alkanes) is 38. The topological polar surface area (TPSA) is 0 Å². The lowest BCUT2D eigenvalue weighted by molar-refractivity contribution is -0.946. The number of hydrogen-bond donors (Lipinski definition) is 0. The summed E-state index contributed by atoms with van der Waals surface area (Å²) in [6.45, 7) is 9.99. The summed E-state index contributed by atoms with van der Waals surface area (Å²) >= 11 is 0. The first kappa shape index (κ1) is 51.9. The van der Waals surface area contributed by atoms with E-state index >= 15 is 0 Å². The summed E-state index contributed by atoms with van der Waals surface area (Å²) in [7, 11) is 9.92. The Labute approximate surface area is 333 Å². The second-order valence-electron chi connectivity index (χ2n) is 19.2. The number of rotatable bonds is 45. The maximum Gasteiger partial charge on any atom is 0.128 e. The van der Waals surface area contributed by atoms with Crippen LogP contribution in [0.2, 0.25) is 0 Å². The van der Waals surface area contributed by atoms with Crippen molar-refractivity contribution in [3.63, 3.8) is 0 Å². The van der Waals surface area contributed by atoms with Crippen LogP contribution in [-0.4, -0.2) is 63.3 Å². The van der Waals surface area contributed by atoms with Crippen LogP contribution in [0.4, 0.5) is 0 Å². The van der Waals surface area contributed by atoms with E-state index in [4.69, 9.17) is 0 Å². The highest BCUT2D eigenvalue weighted by Gasteiger charge is 2.22. The first-order chi connectivity index (χ1) is 25.3. The maximum atomic E-state index is 2.48. The Hall–Kier alpha value is -0.0800. The Bertz CT molecular complexity index is 599. The third kappa shape index (κ3) is 42.7. The molecule has 0 bridgehead atoms. The van der Waals surface area contributed by atoms with Gasteiger partial charge in [0.25, 0.3) is 0 Å². The lowest BCUT2D eigenvalue weighted by Gasteiger charge is -2.36. The van der Waals surface area contributed by atoms with E-state index in [0.717, 1.165) is 0 Å². The molecular weight excluding hydrogens is 629 g/mol. The highest BCUT2D eigenvalue weighted by Crippen LogP contribution is 2.17. The van der Waals surface area contributed by atoms with Crippen LogP contribution in [0.15, 0.2) is 0 Å². The molecule has 0 aliphatic heterocycles. The summed E-state index contributed by atoms with van der Waals surface area (Å²) in [6.07, 6.45) is 58.7. The number of likely N-dealkylation sites (N-methyl/N-ethyl adjacent to an activating group) is 2. The zero-order chi connectivity index (χ0) is 38.1. The van der Waals surface area contributed by atoms with Crippen LogP contribution >= 0.6 is 0 Å². The predicted molar refractivity (Wildman–Crippen MR) is 240 cm³/mol. The van der Waals surface area contributed by atoms with Gasteiger partial charge in [0.15, 0.2) is 0 Å². The summed E-state index contributed by atoms with van der Waals surface area (Å²) in [5.41, 5.74) is 0. The van der Waals surface area contributed by atoms with Crippen molar-refractivity contribution in [3.05, 3.63) is 0 Å². The lowest BCUT2D eigenvalue weighted by Crippen LogP contribution is -2.51. The van der Waals surface area contributed by atoms with E-state index in [1.54, 1.807) is 0 Å². The van der Waals surface area contributed by atoms with Gasteiger partial charge < -0.3 is 8.97 Å². The molecule has 0 fully saturated rings. The number of quaternary nitrogens is 2. The fourth-order valence-electron chi connectivity index (χ4n) is 8.36. The predicted octanol–water partition coefficient (Wildman–Crippen LogP) is 16.8. The van der Waals surface area contributed by atoms with Crippen molar-refractivity contribution in [1.29, 1.82) is 0 Å². The molecule has 0 aromatic heterocycles. The van der Waals surface area contributed by atoms with Gasteiger partial charge in [-0.05, 0) is 25.7 Å². The second-order valence-corrected chi connectivity index (χ2v) is 19.2. The summed E-state index contributed by atoms with van der Waals surface area (Å²) in [5, 5.41) is 0. The highest BCUT2D eigenvalue weighted by molar-refractivity contribution is 4.53. The van der Waals surface area contributed by atoms with E-state index in [-0.39, 0.29) is 0 Å². The van der Waals surface area contributed by atoms with Crippen LogP contribution in [0.1, 0.15) is 271 Å². The minimum atomic E-state index is 1.21. The Morgan fingerprint density at radius 3 is 0.462 bits per heavy atom. The van der Waals surface area contributed by atoms with Crippen molar-refractivity contribution >= 4 is 0 Å². The molecule has 0 aromatic carbocycles. The van der Waals surface area contributed by atoms with Gasteiger partial charge in [0.05, 0.1) is 41.3 Å². The van der Waals surface area contributed by atoms with Crippen LogP contribution in [0.25, 0.3) is 0 Å². The van der Waals surface area contributed by atoms with E-state index in [9.17, 15) is 0 Å². The van der Waals surface area contributed by atoms with Gasteiger partial charge in [-0.1, -0.05) is 245 Å². The smallest absolute Gasteiger partial charge is 0.128 e. The SMILES string of the molecule is CCCCCCCCCCCCCCCCCCCCCC[N+](C)(C)CC[N+](C)(C)CCCCCCCCCCCCCCCCCCCCCC. The molecule has 0 saturated carbocycles. The summed E-state index contributed by atoms with van der Waals surface area (Å²) in [6, 6.07) is 0. The molecule has 52 heavy (non-hydrogen) atoms. The first-order valence-electron chi connectivity index (χ1n) is 25.0. The van der Waals surface area contributed by atoms with Crippen LogP contribution in [0.3, 0.4) is 0 Å². The average Bonchev–Trinajstić information content (AvgIpc) is 3.12. The molecule has 0 aromatic rings. The fraction of sp³-hybridized carbons (Fsp3) is 1.00. The molecular formula is C50H106N2+2.